The van der Waals surface area contributed by atoms with E-state index in [-0.39, 0.29) is 5.91 Å². The summed E-state index contributed by atoms with van der Waals surface area (Å²) in [6.07, 6.45) is -7.02. The molecule has 224 valence electrons. The first kappa shape index (κ1) is 34.6. The Morgan fingerprint density at radius 3 is 1.52 bits per heavy atom. The fourth-order valence-corrected chi connectivity index (χ4v) is 2.85. The van der Waals surface area contributed by atoms with Crippen molar-refractivity contribution in [1.29, 1.82) is 0 Å². The van der Waals surface area contributed by atoms with E-state index in [1.807, 2.05) is 72.8 Å². The van der Waals surface area contributed by atoms with Gasteiger partial charge >= 0.3 is 24.3 Å². The molecule has 1 amide bonds. The molecule has 0 spiro atoms. The van der Waals surface area contributed by atoms with Gasteiger partial charge in [0, 0.05) is 12.1 Å². The number of carbonyl (C=O) groups is 3. The van der Waals surface area contributed by atoms with Crippen molar-refractivity contribution >= 4 is 30.3 Å². The number of aliphatic carboxylic acids is 2. The van der Waals surface area contributed by atoms with Gasteiger partial charge in [0.05, 0.1) is 12.4 Å². The highest BCUT2D eigenvalue weighted by atomic mass is 19.4. The van der Waals surface area contributed by atoms with E-state index in [1.165, 1.54) is 0 Å². The molecule has 0 heterocycles. The van der Waals surface area contributed by atoms with Gasteiger partial charge in [0.1, 0.15) is 0 Å². The van der Waals surface area contributed by atoms with Gasteiger partial charge in [-0.1, -0.05) is 66.7 Å². The third kappa shape index (κ3) is 12.2. The van der Waals surface area contributed by atoms with E-state index >= 15 is 0 Å². The van der Waals surface area contributed by atoms with E-state index in [9.17, 15) is 31.1 Å². The van der Waals surface area contributed by atoms with Crippen molar-refractivity contribution in [3.8, 4) is 11.1 Å². The summed E-state index contributed by atoms with van der Waals surface area (Å²) in [6.45, 7) is 0.430. The summed E-state index contributed by atoms with van der Waals surface area (Å²) in [4.78, 5) is 30.6. The number of rotatable bonds is 6. The molecular weight excluding hydrogens is 576 g/mol. The van der Waals surface area contributed by atoms with Crippen molar-refractivity contribution in [2.45, 2.75) is 18.9 Å². The second kappa shape index (κ2) is 16.0. The first-order valence-corrected chi connectivity index (χ1v) is 11.2. The van der Waals surface area contributed by atoms with Crippen molar-refractivity contribution in [2.75, 3.05) is 0 Å². The average molecular weight is 599 g/mol. The average Bonchev–Trinajstić information content (AvgIpc) is 2.93. The SMILES string of the molecule is NN=Cc1ccc(CNC(=O)c2ccccc2-c2ccc(C=NN)cc2)cc1.O=C(O)C(F)(F)F.O=C(O)C(F)(F)F. The number of alkyl halides is 6. The summed E-state index contributed by atoms with van der Waals surface area (Å²) in [5.41, 5.74) is 5.23. The summed E-state index contributed by atoms with van der Waals surface area (Å²) in [5.74, 6) is 4.69. The maximum absolute atomic E-state index is 12.8. The first-order valence-electron chi connectivity index (χ1n) is 11.2. The smallest absolute Gasteiger partial charge is 0.475 e. The topological polar surface area (TPSA) is 180 Å². The van der Waals surface area contributed by atoms with Gasteiger partial charge in [-0.2, -0.15) is 36.5 Å². The number of benzene rings is 3. The Bertz CT molecular complexity index is 1370. The number of halogens is 6. The van der Waals surface area contributed by atoms with Crippen LogP contribution in [0.2, 0.25) is 0 Å². The lowest BCUT2D eigenvalue weighted by atomic mass is 9.98. The first-order chi connectivity index (χ1) is 19.6. The molecule has 3 aromatic carbocycles. The van der Waals surface area contributed by atoms with Crippen LogP contribution in [-0.2, 0) is 16.1 Å². The normalized spacial score (nSPS) is 11.2. The van der Waals surface area contributed by atoms with Crippen LogP contribution in [0.15, 0.2) is 83.0 Å². The zero-order chi connectivity index (χ0) is 31.9. The molecule has 0 aliphatic rings. The zero-order valence-corrected chi connectivity index (χ0v) is 21.2. The molecule has 0 saturated carbocycles. The molecule has 42 heavy (non-hydrogen) atoms. The Morgan fingerprint density at radius 2 is 1.12 bits per heavy atom. The molecule has 0 unspecified atom stereocenters. The van der Waals surface area contributed by atoms with Gasteiger partial charge < -0.3 is 27.2 Å². The second-order valence-electron chi connectivity index (χ2n) is 7.75. The number of hydrogen-bond donors (Lipinski definition) is 5. The Morgan fingerprint density at radius 1 is 0.714 bits per heavy atom. The largest absolute Gasteiger partial charge is 0.490 e. The number of nitrogens with zero attached hydrogens (tertiary/aromatic N) is 2. The molecule has 0 radical (unpaired) electrons. The summed E-state index contributed by atoms with van der Waals surface area (Å²) in [6, 6.07) is 22.9. The molecule has 0 aliphatic carbocycles. The van der Waals surface area contributed by atoms with Gasteiger partial charge in [0.15, 0.2) is 0 Å². The molecule has 0 bridgehead atoms. The number of carboxylic acids is 2. The van der Waals surface area contributed by atoms with Crippen molar-refractivity contribution in [3.05, 3.63) is 95.1 Å². The molecule has 0 saturated heterocycles. The van der Waals surface area contributed by atoms with Crippen LogP contribution in [0, 0.1) is 0 Å². The van der Waals surface area contributed by atoms with E-state index in [2.05, 4.69) is 15.5 Å². The Kier molecular flexibility index (Phi) is 13.2. The van der Waals surface area contributed by atoms with Gasteiger partial charge in [-0.05, 0) is 33.9 Å². The third-order valence-electron chi connectivity index (χ3n) is 4.76. The minimum Gasteiger partial charge on any atom is -0.475 e. The Balaban J connectivity index is 0.000000522. The van der Waals surface area contributed by atoms with E-state index in [0.717, 1.165) is 27.8 Å². The van der Waals surface area contributed by atoms with Gasteiger partial charge in [-0.3, -0.25) is 4.79 Å². The highest BCUT2D eigenvalue weighted by molar-refractivity contribution is 6.01. The molecule has 3 aromatic rings. The number of hydrogen-bond acceptors (Lipinski definition) is 7. The van der Waals surface area contributed by atoms with Gasteiger partial charge in [-0.15, -0.1) is 0 Å². The van der Waals surface area contributed by atoms with Crippen LogP contribution in [0.5, 0.6) is 0 Å². The van der Waals surface area contributed by atoms with E-state index in [1.54, 1.807) is 12.4 Å². The molecule has 10 nitrogen and oxygen atoms in total. The number of hydrazone groups is 2. The lowest BCUT2D eigenvalue weighted by molar-refractivity contribution is -0.193. The van der Waals surface area contributed by atoms with Crippen LogP contribution in [0.3, 0.4) is 0 Å². The van der Waals surface area contributed by atoms with Crippen LogP contribution < -0.4 is 17.0 Å². The quantitative estimate of drug-likeness (QED) is 0.122. The minimum atomic E-state index is -5.08. The number of amides is 1. The van der Waals surface area contributed by atoms with Crippen LogP contribution in [0.1, 0.15) is 27.0 Å². The summed E-state index contributed by atoms with van der Waals surface area (Å²) >= 11 is 0. The minimum absolute atomic E-state index is 0.129. The Labute approximate surface area is 234 Å². The monoisotopic (exact) mass is 599 g/mol. The molecule has 3 rings (SSSR count). The molecular formula is C26H23F6N5O5. The number of carbonyl (C=O) groups excluding carboxylic acids is 1. The van der Waals surface area contributed by atoms with Crippen LogP contribution in [0.25, 0.3) is 11.1 Å². The Hall–Kier alpha value is -5.41. The number of carboxylic acid groups (broad SMARTS) is 2. The van der Waals surface area contributed by atoms with E-state index in [0.29, 0.717) is 12.1 Å². The number of nitrogens with two attached hydrogens (primary N) is 2. The van der Waals surface area contributed by atoms with Crippen molar-refractivity contribution in [1.82, 2.24) is 5.32 Å². The summed E-state index contributed by atoms with van der Waals surface area (Å²) < 4.78 is 63.5. The summed E-state index contributed by atoms with van der Waals surface area (Å²) in [5, 5.41) is 24.2. The lowest BCUT2D eigenvalue weighted by Gasteiger charge is -2.11. The van der Waals surface area contributed by atoms with Crippen LogP contribution >= 0.6 is 0 Å². The fraction of sp³-hybridized carbons (Fsp3) is 0.115. The molecule has 0 fully saturated rings. The third-order valence-corrected chi connectivity index (χ3v) is 4.76. The maximum atomic E-state index is 12.8. The fourth-order valence-electron chi connectivity index (χ4n) is 2.85. The van der Waals surface area contributed by atoms with Crippen LogP contribution in [-0.4, -0.2) is 52.8 Å². The molecule has 7 N–H and O–H groups in total. The molecule has 0 aliphatic heterocycles. The molecule has 0 atom stereocenters. The lowest BCUT2D eigenvalue weighted by Crippen LogP contribution is -2.23. The van der Waals surface area contributed by atoms with Gasteiger partial charge in [0.2, 0.25) is 0 Å². The maximum Gasteiger partial charge on any atom is 0.490 e. The standard InChI is InChI=1S/C22H21N5O.2C2HF3O2/c23-26-14-17-7-5-16(6-8-17)13-25-22(28)21-4-2-1-3-20(21)19-11-9-18(10-12-19)15-27-24;2*3-2(4,5)1(6)7/h1-12,14-15H,13,23-24H2,(H,25,28);2*(H,6,7). The van der Waals surface area contributed by atoms with Crippen molar-refractivity contribution < 1.29 is 50.9 Å². The second-order valence-corrected chi connectivity index (χ2v) is 7.75. The molecule has 16 heteroatoms. The van der Waals surface area contributed by atoms with E-state index in [4.69, 9.17) is 31.5 Å². The van der Waals surface area contributed by atoms with E-state index < -0.39 is 24.3 Å². The predicted octanol–water partition coefficient (Wildman–Crippen LogP) is 4.14. The summed E-state index contributed by atoms with van der Waals surface area (Å²) in [7, 11) is 0. The van der Waals surface area contributed by atoms with Gasteiger partial charge in [-0.25, -0.2) is 9.59 Å². The highest BCUT2D eigenvalue weighted by Gasteiger charge is 2.38. The highest BCUT2D eigenvalue weighted by Crippen LogP contribution is 2.24. The predicted molar refractivity (Wildman–Crippen MR) is 140 cm³/mol. The van der Waals surface area contributed by atoms with Crippen LogP contribution in [0.4, 0.5) is 26.3 Å². The van der Waals surface area contributed by atoms with Crippen molar-refractivity contribution in [3.63, 3.8) is 0 Å². The number of nitrogens with one attached hydrogen (secondary N) is 1. The molecule has 0 aromatic heterocycles. The van der Waals surface area contributed by atoms with Gasteiger partial charge in [0.25, 0.3) is 5.91 Å². The van der Waals surface area contributed by atoms with Crippen molar-refractivity contribution in [2.24, 2.45) is 21.9 Å². The zero-order valence-electron chi connectivity index (χ0n) is 21.2.